The molecule has 1 saturated carbocycles. The Hall–Kier alpha value is -1.83. The first-order valence-corrected chi connectivity index (χ1v) is 7.48. The lowest BCUT2D eigenvalue weighted by Gasteiger charge is -2.36. The van der Waals surface area contributed by atoms with E-state index in [0.29, 0.717) is 4.90 Å². The molecule has 0 aliphatic heterocycles. The molecule has 0 radical (unpaired) electrons. The van der Waals surface area contributed by atoms with Gasteiger partial charge in [-0.3, -0.25) is 4.90 Å². The second-order valence-electron chi connectivity index (χ2n) is 4.89. The van der Waals surface area contributed by atoms with Crippen molar-refractivity contribution in [2.45, 2.75) is 51.2 Å². The smallest absolute Gasteiger partial charge is 0.344 e. The molecule has 0 amide bonds. The van der Waals surface area contributed by atoms with Gasteiger partial charge in [-0.15, -0.1) is 0 Å². The van der Waals surface area contributed by atoms with Crippen LogP contribution < -0.4 is 0 Å². The van der Waals surface area contributed by atoms with E-state index in [0.717, 1.165) is 12.1 Å². The maximum absolute atomic E-state index is 13.8. The van der Waals surface area contributed by atoms with Crippen molar-refractivity contribution in [2.75, 3.05) is 26.2 Å². The number of nitrogens with zero attached hydrogens (tertiary/aromatic N) is 1. The van der Waals surface area contributed by atoms with Crippen molar-refractivity contribution >= 4 is 5.97 Å². The molecular weight excluding hydrogens is 326 g/mol. The predicted molar refractivity (Wildman–Crippen MR) is 103 cm³/mol. The van der Waals surface area contributed by atoms with Gasteiger partial charge < -0.3 is 9.85 Å². The summed E-state index contributed by atoms with van der Waals surface area (Å²) in [5.74, 6) is -2.26. The molecule has 4 heteroatoms. The summed E-state index contributed by atoms with van der Waals surface area (Å²) >= 11 is 0. The van der Waals surface area contributed by atoms with Gasteiger partial charge in [-0.05, 0) is 31.4 Å². The molecule has 1 aromatic rings. The minimum absolute atomic E-state index is 0.394. The van der Waals surface area contributed by atoms with Crippen LogP contribution in [0.3, 0.4) is 0 Å². The standard InChI is InChI=1S/C22H31NO3/c1-3-23(4-2)17-11-12-18-26-21(24)22(25,19-13-7-5-8-14-19)20-15-9-6-10-16-20/h5,7-8,13-14,20,25H,3-4,6,9-10,15-18H2,1-2H3/i1D3,2D3,6D2,9D2,10D2,15D2,16D2,17D2,20D,25D. The second kappa shape index (κ2) is 10.4. The summed E-state index contributed by atoms with van der Waals surface area (Å²) in [6.45, 7) is -11.9. The molecule has 2 rings (SSSR count). The summed E-state index contributed by atoms with van der Waals surface area (Å²) in [6, 6.07) is 5.58. The molecule has 1 atom stereocenters. The number of esters is 1. The molecule has 1 aliphatic carbocycles. The van der Waals surface area contributed by atoms with Crippen LogP contribution in [-0.2, 0) is 15.1 Å². The lowest BCUT2D eigenvalue weighted by atomic mass is 9.73. The number of hydrogen-bond acceptors (Lipinski definition) is 4. The summed E-state index contributed by atoms with van der Waals surface area (Å²) in [5, 5.41) is 4.60. The van der Waals surface area contributed by atoms with Crippen LogP contribution in [-0.4, -0.2) is 43.6 Å². The molecule has 1 unspecified atom stereocenters. The second-order valence-corrected chi connectivity index (χ2v) is 4.89. The van der Waals surface area contributed by atoms with Crippen LogP contribution in [0.4, 0.5) is 0 Å². The summed E-state index contributed by atoms with van der Waals surface area (Å²) in [7, 11) is 0. The summed E-state index contributed by atoms with van der Waals surface area (Å²) in [5.41, 5.74) is -4.40. The Kier molecular flexibility index (Phi) is 2.53. The van der Waals surface area contributed by atoms with Crippen molar-refractivity contribution in [3.8, 4) is 11.8 Å². The number of ether oxygens (including phenoxy) is 1. The van der Waals surface area contributed by atoms with Crippen LogP contribution in [0.2, 0.25) is 0 Å². The van der Waals surface area contributed by atoms with Crippen LogP contribution in [0, 0.1) is 17.7 Å². The highest BCUT2D eigenvalue weighted by Gasteiger charge is 2.46. The van der Waals surface area contributed by atoms with Crippen molar-refractivity contribution in [3.05, 3.63) is 35.9 Å². The molecule has 0 heterocycles. The van der Waals surface area contributed by atoms with Crippen molar-refractivity contribution in [2.24, 2.45) is 5.89 Å². The van der Waals surface area contributed by atoms with Gasteiger partial charge in [-0.2, -0.15) is 0 Å². The molecule has 1 aromatic carbocycles. The number of aliphatic hydroxyl groups is 1. The average Bonchev–Trinajstić information content (AvgIpc) is 2.89. The molecule has 1 N–H and O–H groups in total. The van der Waals surface area contributed by atoms with Crippen molar-refractivity contribution in [1.29, 1.82) is 1.43 Å². The van der Waals surface area contributed by atoms with Gasteiger partial charge in [-0.25, -0.2) is 4.79 Å². The van der Waals surface area contributed by atoms with Crippen molar-refractivity contribution in [3.63, 3.8) is 0 Å². The highest BCUT2D eigenvalue weighted by molar-refractivity contribution is 5.81. The van der Waals surface area contributed by atoms with Gasteiger partial charge in [0.05, 0.1) is 9.24 Å². The van der Waals surface area contributed by atoms with Gasteiger partial charge in [0.15, 0.2) is 12.2 Å². The van der Waals surface area contributed by atoms with Crippen molar-refractivity contribution in [1.82, 2.24) is 4.90 Å². The van der Waals surface area contributed by atoms with E-state index in [2.05, 4.69) is 5.11 Å². The SMILES string of the molecule is [2H]OC(C(=O)OCC#CC([2H])([2H])N(CC([2H])([2H])[2H])CC([2H])([2H])[2H])(c1ccccc1)C1([2H])C([2H])([2H])C([2H])([2H])C([2H])([2H])C([2H])([2H])C1([2H])[2H]. The van der Waals surface area contributed by atoms with Gasteiger partial charge in [-0.1, -0.05) is 75.0 Å². The molecule has 0 bridgehead atoms. The number of carbonyl (C=O) groups is 1. The predicted octanol–water partition coefficient (Wildman–Crippen LogP) is 3.34. The third kappa shape index (κ3) is 5.09. The monoisotopic (exact) mass is 377 g/mol. The fraction of sp³-hybridized carbons (Fsp3) is 0.591. The van der Waals surface area contributed by atoms with Gasteiger partial charge >= 0.3 is 5.97 Å². The molecular formula is C22H31NO3. The van der Waals surface area contributed by atoms with E-state index in [-0.39, 0.29) is 0 Å². The average molecular weight is 378 g/mol. The largest absolute Gasteiger partial charge is 0.450 e. The third-order valence-electron chi connectivity index (χ3n) is 3.28. The number of rotatable bonds is 8. The Labute approximate surface area is 185 Å². The van der Waals surface area contributed by atoms with E-state index >= 15 is 0 Å². The zero-order chi connectivity index (χ0) is 36.2. The zero-order valence-corrected chi connectivity index (χ0v) is 13.7. The van der Waals surface area contributed by atoms with Gasteiger partial charge in [0.2, 0.25) is 1.43 Å². The topological polar surface area (TPSA) is 49.8 Å². The highest BCUT2D eigenvalue weighted by Crippen LogP contribution is 2.40. The Balaban J connectivity index is 2.74. The summed E-state index contributed by atoms with van der Waals surface area (Å²) < 4.78 is 166. The normalized spacial score (nSPS) is 41.0. The van der Waals surface area contributed by atoms with Crippen molar-refractivity contribution < 1.29 is 40.7 Å². The molecule has 26 heavy (non-hydrogen) atoms. The Morgan fingerprint density at radius 3 is 2.77 bits per heavy atom. The summed E-state index contributed by atoms with van der Waals surface area (Å²) in [4.78, 5) is 14.2. The first-order chi connectivity index (χ1) is 20.4. The molecule has 0 spiro atoms. The summed E-state index contributed by atoms with van der Waals surface area (Å²) in [6.07, 6.45) is -20.4. The quantitative estimate of drug-likeness (QED) is 0.558. The first-order valence-electron chi connectivity index (χ1n) is 17.4. The highest BCUT2D eigenvalue weighted by atomic mass is 16.5. The lowest BCUT2D eigenvalue weighted by molar-refractivity contribution is -0.174. The van der Waals surface area contributed by atoms with E-state index in [4.69, 9.17) is 32.2 Å². The fourth-order valence-corrected chi connectivity index (χ4v) is 1.96. The Bertz CT molecular complexity index is 1280. The number of carbonyl (C=O) groups excluding carboxylic acids is 1. The first kappa shape index (κ1) is 6.36. The van der Waals surface area contributed by atoms with E-state index in [1.807, 2.05) is 11.8 Å². The van der Waals surface area contributed by atoms with E-state index < -0.39 is 94.8 Å². The Morgan fingerprint density at radius 1 is 1.38 bits per heavy atom. The fourth-order valence-electron chi connectivity index (χ4n) is 1.96. The van der Waals surface area contributed by atoms with Crippen LogP contribution >= 0.6 is 0 Å². The maximum Gasteiger partial charge on any atom is 0.344 e. The molecule has 142 valence electrons. The van der Waals surface area contributed by atoms with Gasteiger partial charge in [0.1, 0.15) is 0 Å². The Morgan fingerprint density at radius 2 is 2.12 bits per heavy atom. The molecule has 4 nitrogen and oxygen atoms in total. The minimum atomic E-state index is -4.18. The molecule has 1 fully saturated rings. The van der Waals surface area contributed by atoms with Gasteiger partial charge in [0.25, 0.3) is 0 Å². The zero-order valence-electron chi connectivity index (χ0n) is 33.7. The maximum atomic E-state index is 13.8. The molecule has 1 aliphatic rings. The number of hydrogen-bond donors (Lipinski definition) is 1. The van der Waals surface area contributed by atoms with E-state index in [1.54, 1.807) is 0 Å². The lowest BCUT2D eigenvalue weighted by Crippen LogP contribution is -2.45. The molecule has 0 saturated heterocycles. The van der Waals surface area contributed by atoms with Crippen LogP contribution in [0.15, 0.2) is 30.3 Å². The van der Waals surface area contributed by atoms with E-state index in [1.165, 1.54) is 18.2 Å². The minimum Gasteiger partial charge on any atom is -0.450 e. The molecule has 0 aromatic heterocycles. The third-order valence-corrected chi connectivity index (χ3v) is 3.28. The van der Waals surface area contributed by atoms with Crippen LogP contribution in [0.5, 0.6) is 0 Å². The number of benzene rings is 1. The van der Waals surface area contributed by atoms with Crippen LogP contribution in [0.1, 0.15) is 77.2 Å². The van der Waals surface area contributed by atoms with Crippen LogP contribution in [0.25, 0.3) is 0 Å². The van der Waals surface area contributed by atoms with Gasteiger partial charge in [0, 0.05) is 29.2 Å². The van der Waals surface area contributed by atoms with E-state index in [9.17, 15) is 4.79 Å².